The van der Waals surface area contributed by atoms with E-state index in [2.05, 4.69) is 21.7 Å². The lowest BCUT2D eigenvalue weighted by Gasteiger charge is -2.13. The smallest absolute Gasteiger partial charge is 0.212 e. The Bertz CT molecular complexity index is 252. The Labute approximate surface area is 99.6 Å². The molecule has 0 aromatic rings. The first-order valence-electron chi connectivity index (χ1n) is 5.81. The predicted molar refractivity (Wildman–Crippen MR) is 69.9 cm³/mol. The third-order valence-corrected chi connectivity index (χ3v) is 4.61. The van der Waals surface area contributed by atoms with E-state index in [0.29, 0.717) is 18.7 Å². The summed E-state index contributed by atoms with van der Waals surface area (Å²) in [6, 6.07) is 0. The summed E-state index contributed by atoms with van der Waals surface area (Å²) in [5.41, 5.74) is 0. The van der Waals surface area contributed by atoms with E-state index in [4.69, 9.17) is 10.7 Å². The maximum Gasteiger partial charge on any atom is 0.235 e. The highest BCUT2D eigenvalue weighted by atomic mass is 35.7. The standard InChI is InChI=1S/C10H22BClO2S/c1-3-4-7-10(15(12,13)14)8-5-6-9(2)11/h9-10H,3-8,11H2,1-2H3. The van der Waals surface area contributed by atoms with Gasteiger partial charge in [-0.15, -0.1) is 0 Å². The summed E-state index contributed by atoms with van der Waals surface area (Å²) in [4.78, 5) is 0. The molecular formula is C10H22BClO2S. The SMILES string of the molecule is BC(C)CCCC(CCCC)S(=O)(=O)Cl. The molecule has 0 aliphatic rings. The van der Waals surface area contributed by atoms with Crippen LogP contribution in [0, 0.1) is 0 Å². The van der Waals surface area contributed by atoms with Crippen molar-refractivity contribution in [2.24, 2.45) is 0 Å². The highest BCUT2D eigenvalue weighted by Crippen LogP contribution is 2.21. The van der Waals surface area contributed by atoms with E-state index in [1.165, 1.54) is 0 Å². The van der Waals surface area contributed by atoms with Crippen LogP contribution in [0.5, 0.6) is 0 Å². The van der Waals surface area contributed by atoms with Gasteiger partial charge >= 0.3 is 0 Å². The summed E-state index contributed by atoms with van der Waals surface area (Å²) in [6.45, 7) is 4.21. The zero-order valence-corrected chi connectivity index (χ0v) is 11.6. The van der Waals surface area contributed by atoms with E-state index in [-0.39, 0.29) is 5.25 Å². The highest BCUT2D eigenvalue weighted by Gasteiger charge is 2.21. The molecule has 0 aromatic carbocycles. The van der Waals surface area contributed by atoms with Gasteiger partial charge in [0.05, 0.1) is 5.25 Å². The predicted octanol–water partition coefficient (Wildman–Crippen LogP) is 2.73. The Kier molecular flexibility index (Phi) is 7.71. The number of rotatable bonds is 8. The molecule has 0 aliphatic heterocycles. The van der Waals surface area contributed by atoms with Crippen LogP contribution in [-0.4, -0.2) is 21.5 Å². The van der Waals surface area contributed by atoms with Crippen LogP contribution >= 0.6 is 10.7 Å². The minimum atomic E-state index is -3.36. The number of hydrogen-bond acceptors (Lipinski definition) is 2. The molecule has 0 saturated heterocycles. The maximum atomic E-state index is 11.3. The molecular weight excluding hydrogens is 230 g/mol. The molecule has 90 valence electrons. The molecule has 0 rings (SSSR count). The van der Waals surface area contributed by atoms with Gasteiger partial charge in [-0.3, -0.25) is 0 Å². The van der Waals surface area contributed by atoms with Crippen molar-refractivity contribution in [3.63, 3.8) is 0 Å². The average molecular weight is 253 g/mol. The van der Waals surface area contributed by atoms with Gasteiger partial charge in [-0.1, -0.05) is 45.3 Å². The maximum absolute atomic E-state index is 11.3. The van der Waals surface area contributed by atoms with Crippen molar-refractivity contribution in [1.82, 2.24) is 0 Å². The van der Waals surface area contributed by atoms with E-state index in [0.717, 1.165) is 25.7 Å². The second-order valence-corrected chi connectivity index (χ2v) is 7.47. The molecule has 0 heterocycles. The van der Waals surface area contributed by atoms with Gasteiger partial charge < -0.3 is 0 Å². The molecule has 0 saturated carbocycles. The summed E-state index contributed by atoms with van der Waals surface area (Å²) in [5.74, 6) is 0.634. The molecule has 0 fully saturated rings. The van der Waals surface area contributed by atoms with Crippen LogP contribution in [0.15, 0.2) is 0 Å². The fourth-order valence-electron chi connectivity index (χ4n) is 1.61. The molecule has 0 spiro atoms. The second-order valence-electron chi connectivity index (χ2n) is 4.56. The third-order valence-electron chi connectivity index (χ3n) is 2.59. The number of hydrogen-bond donors (Lipinski definition) is 0. The Morgan fingerprint density at radius 1 is 1.20 bits per heavy atom. The first kappa shape index (κ1) is 15.3. The molecule has 0 N–H and O–H groups in total. The van der Waals surface area contributed by atoms with E-state index in [1.54, 1.807) is 0 Å². The molecule has 0 bridgehead atoms. The molecule has 0 radical (unpaired) electrons. The van der Waals surface area contributed by atoms with Crippen molar-refractivity contribution >= 4 is 27.6 Å². The van der Waals surface area contributed by atoms with Gasteiger partial charge in [0.15, 0.2) is 0 Å². The van der Waals surface area contributed by atoms with Gasteiger partial charge in [-0.05, 0) is 12.8 Å². The first-order chi connectivity index (χ1) is 6.88. The minimum absolute atomic E-state index is 0.335. The van der Waals surface area contributed by atoms with E-state index >= 15 is 0 Å². The van der Waals surface area contributed by atoms with Crippen molar-refractivity contribution in [2.45, 2.75) is 63.4 Å². The lowest BCUT2D eigenvalue weighted by Crippen LogP contribution is -2.16. The van der Waals surface area contributed by atoms with Gasteiger partial charge in [0.25, 0.3) is 0 Å². The second kappa shape index (κ2) is 7.56. The molecule has 2 atom stereocenters. The monoisotopic (exact) mass is 252 g/mol. The van der Waals surface area contributed by atoms with Crippen LogP contribution in [0.2, 0.25) is 5.82 Å². The van der Waals surface area contributed by atoms with Crippen molar-refractivity contribution in [3.8, 4) is 0 Å². The fourth-order valence-corrected chi connectivity index (χ4v) is 3.04. The van der Waals surface area contributed by atoms with Gasteiger partial charge in [0.1, 0.15) is 7.85 Å². The topological polar surface area (TPSA) is 34.1 Å². The van der Waals surface area contributed by atoms with Gasteiger partial charge in [-0.2, -0.15) is 0 Å². The summed E-state index contributed by atoms with van der Waals surface area (Å²) in [5, 5.41) is -0.335. The molecule has 15 heavy (non-hydrogen) atoms. The quantitative estimate of drug-likeness (QED) is 0.492. The van der Waals surface area contributed by atoms with Crippen molar-refractivity contribution in [3.05, 3.63) is 0 Å². The lowest BCUT2D eigenvalue weighted by atomic mass is 9.85. The third kappa shape index (κ3) is 8.15. The zero-order chi connectivity index (χ0) is 11.9. The Balaban J connectivity index is 4.03. The first-order valence-corrected chi connectivity index (χ1v) is 8.18. The number of unbranched alkanes of at least 4 members (excludes halogenated alkanes) is 1. The summed E-state index contributed by atoms with van der Waals surface area (Å²) < 4.78 is 22.6. The molecule has 5 heteroatoms. The van der Waals surface area contributed by atoms with Crippen molar-refractivity contribution in [1.29, 1.82) is 0 Å². The van der Waals surface area contributed by atoms with E-state index in [1.807, 2.05) is 0 Å². The summed E-state index contributed by atoms with van der Waals surface area (Å²) in [7, 11) is 4.21. The molecule has 2 nitrogen and oxygen atoms in total. The van der Waals surface area contributed by atoms with E-state index < -0.39 is 9.05 Å². The fraction of sp³-hybridized carbons (Fsp3) is 1.00. The van der Waals surface area contributed by atoms with Crippen LogP contribution < -0.4 is 0 Å². The van der Waals surface area contributed by atoms with Crippen LogP contribution in [0.1, 0.15) is 52.4 Å². The van der Waals surface area contributed by atoms with Crippen LogP contribution in [0.4, 0.5) is 0 Å². The lowest BCUT2D eigenvalue weighted by molar-refractivity contribution is 0.545. The molecule has 0 aliphatic carbocycles. The Morgan fingerprint density at radius 2 is 1.73 bits per heavy atom. The van der Waals surface area contributed by atoms with Crippen LogP contribution in [0.3, 0.4) is 0 Å². The average Bonchev–Trinajstić information content (AvgIpc) is 2.08. The van der Waals surface area contributed by atoms with E-state index in [9.17, 15) is 8.42 Å². The highest BCUT2D eigenvalue weighted by molar-refractivity contribution is 8.14. The van der Waals surface area contributed by atoms with Gasteiger partial charge in [0, 0.05) is 10.7 Å². The zero-order valence-electron chi connectivity index (χ0n) is 10.0. The molecule has 0 amide bonds. The van der Waals surface area contributed by atoms with Gasteiger partial charge in [-0.25, -0.2) is 8.42 Å². The van der Waals surface area contributed by atoms with Crippen molar-refractivity contribution < 1.29 is 8.42 Å². The minimum Gasteiger partial charge on any atom is -0.212 e. The number of halogens is 1. The summed E-state index contributed by atoms with van der Waals surface area (Å²) >= 11 is 0. The molecule has 2 unspecified atom stereocenters. The summed E-state index contributed by atoms with van der Waals surface area (Å²) in [6.07, 6.45) is 5.42. The van der Waals surface area contributed by atoms with Crippen LogP contribution in [-0.2, 0) is 9.05 Å². The largest absolute Gasteiger partial charge is 0.235 e. The Morgan fingerprint density at radius 3 is 2.13 bits per heavy atom. The Hall–Kier alpha value is 0.305. The van der Waals surface area contributed by atoms with Crippen LogP contribution in [0.25, 0.3) is 0 Å². The van der Waals surface area contributed by atoms with Crippen molar-refractivity contribution in [2.75, 3.05) is 0 Å². The molecule has 0 aromatic heterocycles. The van der Waals surface area contributed by atoms with Gasteiger partial charge in [0.2, 0.25) is 9.05 Å². The normalized spacial score (nSPS) is 16.2.